The molecule has 0 aliphatic heterocycles. The van der Waals surface area contributed by atoms with Crippen molar-refractivity contribution in [1.82, 2.24) is 14.8 Å². The summed E-state index contributed by atoms with van der Waals surface area (Å²) in [7, 11) is 0. The van der Waals surface area contributed by atoms with Gasteiger partial charge in [0.2, 0.25) is 5.95 Å². The van der Waals surface area contributed by atoms with Crippen LogP contribution in [0.15, 0.2) is 24.5 Å². The van der Waals surface area contributed by atoms with Gasteiger partial charge in [-0.05, 0) is 42.5 Å². The molecule has 1 aliphatic carbocycles. The molecule has 2 aromatic rings. The summed E-state index contributed by atoms with van der Waals surface area (Å²) in [6.07, 6.45) is 4.54. The van der Waals surface area contributed by atoms with Gasteiger partial charge in [-0.3, -0.25) is 14.9 Å². The molecule has 0 radical (unpaired) electrons. The number of aromatic nitrogens is 3. The van der Waals surface area contributed by atoms with Gasteiger partial charge in [-0.2, -0.15) is 0 Å². The van der Waals surface area contributed by atoms with Crippen molar-refractivity contribution >= 4 is 17.8 Å². The highest BCUT2D eigenvalue weighted by molar-refractivity contribution is 5.90. The number of hydrogen-bond donors (Lipinski definition) is 2. The van der Waals surface area contributed by atoms with Crippen molar-refractivity contribution in [2.45, 2.75) is 25.8 Å². The van der Waals surface area contributed by atoms with Gasteiger partial charge in [-0.25, -0.2) is 9.67 Å². The first-order valence-electron chi connectivity index (χ1n) is 7.26. The Kier molecular flexibility index (Phi) is 4.22. The Labute approximate surface area is 132 Å². The number of amides is 1. The zero-order chi connectivity index (χ0) is 16.2. The molecule has 1 heterocycles. The molecule has 0 spiro atoms. The summed E-state index contributed by atoms with van der Waals surface area (Å²) in [4.78, 5) is 26.2. The SMILES string of the molecule is O=C(O)Cn1cnc(NC(=O)COc2ccc3c(c2)CCC3)n1. The third-order valence-electron chi connectivity index (χ3n) is 3.52. The van der Waals surface area contributed by atoms with Gasteiger partial charge in [-0.1, -0.05) is 6.07 Å². The predicted molar refractivity (Wildman–Crippen MR) is 80.2 cm³/mol. The van der Waals surface area contributed by atoms with Crippen LogP contribution < -0.4 is 10.1 Å². The molecule has 23 heavy (non-hydrogen) atoms. The highest BCUT2D eigenvalue weighted by Crippen LogP contribution is 2.25. The summed E-state index contributed by atoms with van der Waals surface area (Å²) < 4.78 is 6.59. The number of ether oxygens (including phenoxy) is 1. The average molecular weight is 316 g/mol. The minimum Gasteiger partial charge on any atom is -0.484 e. The number of nitrogens with one attached hydrogen (secondary N) is 1. The monoisotopic (exact) mass is 316 g/mol. The van der Waals surface area contributed by atoms with E-state index in [9.17, 15) is 9.59 Å². The Bertz CT molecular complexity index is 741. The quantitative estimate of drug-likeness (QED) is 0.819. The van der Waals surface area contributed by atoms with Gasteiger partial charge in [0.25, 0.3) is 5.91 Å². The van der Waals surface area contributed by atoms with E-state index in [1.54, 1.807) is 0 Å². The van der Waals surface area contributed by atoms with Crippen LogP contribution in [0.5, 0.6) is 5.75 Å². The number of aliphatic carboxylic acids is 1. The van der Waals surface area contributed by atoms with Crippen LogP contribution in [-0.2, 0) is 29.0 Å². The van der Waals surface area contributed by atoms with E-state index in [1.807, 2.05) is 18.2 Å². The number of fused-ring (bicyclic) bond motifs is 1. The fraction of sp³-hybridized carbons (Fsp3) is 0.333. The molecule has 1 aliphatic rings. The minimum absolute atomic E-state index is 0.0498. The number of anilines is 1. The van der Waals surface area contributed by atoms with Crippen LogP contribution in [0.1, 0.15) is 17.5 Å². The molecule has 1 amide bonds. The molecule has 2 N–H and O–H groups in total. The first kappa shape index (κ1) is 15.0. The van der Waals surface area contributed by atoms with Crippen LogP contribution in [0.25, 0.3) is 0 Å². The minimum atomic E-state index is -1.03. The number of aryl methyl sites for hydroxylation is 2. The van der Waals surface area contributed by atoms with Gasteiger partial charge in [0.1, 0.15) is 18.6 Å². The van der Waals surface area contributed by atoms with E-state index in [0.29, 0.717) is 5.75 Å². The summed E-state index contributed by atoms with van der Waals surface area (Å²) in [5, 5.41) is 14.9. The Morgan fingerprint density at radius 2 is 2.13 bits per heavy atom. The smallest absolute Gasteiger partial charge is 0.325 e. The molecule has 0 saturated carbocycles. The maximum atomic E-state index is 11.8. The molecule has 0 unspecified atom stereocenters. The van der Waals surface area contributed by atoms with Gasteiger partial charge >= 0.3 is 5.97 Å². The lowest BCUT2D eigenvalue weighted by atomic mass is 10.1. The van der Waals surface area contributed by atoms with Gasteiger partial charge in [0, 0.05) is 0 Å². The van der Waals surface area contributed by atoms with Crippen molar-refractivity contribution in [2.75, 3.05) is 11.9 Å². The first-order chi connectivity index (χ1) is 11.1. The summed E-state index contributed by atoms with van der Waals surface area (Å²) in [6, 6.07) is 5.86. The second kappa shape index (κ2) is 6.47. The molecule has 1 aromatic heterocycles. The van der Waals surface area contributed by atoms with E-state index in [2.05, 4.69) is 15.4 Å². The van der Waals surface area contributed by atoms with E-state index in [4.69, 9.17) is 9.84 Å². The first-order valence-corrected chi connectivity index (χ1v) is 7.26. The van der Waals surface area contributed by atoms with Crippen LogP contribution in [0.2, 0.25) is 0 Å². The van der Waals surface area contributed by atoms with Crippen LogP contribution in [0.4, 0.5) is 5.95 Å². The van der Waals surface area contributed by atoms with E-state index >= 15 is 0 Å². The molecule has 8 nitrogen and oxygen atoms in total. The topological polar surface area (TPSA) is 106 Å². The van der Waals surface area contributed by atoms with E-state index in [-0.39, 0.29) is 19.1 Å². The number of rotatable bonds is 6. The van der Waals surface area contributed by atoms with E-state index in [1.165, 1.54) is 17.5 Å². The Morgan fingerprint density at radius 3 is 2.96 bits per heavy atom. The van der Waals surface area contributed by atoms with Gasteiger partial charge < -0.3 is 9.84 Å². The molecular formula is C15H16N4O4. The maximum absolute atomic E-state index is 11.8. The van der Waals surface area contributed by atoms with Crippen LogP contribution in [0, 0.1) is 0 Å². The molecule has 1 aromatic carbocycles. The third kappa shape index (κ3) is 3.85. The summed E-state index contributed by atoms with van der Waals surface area (Å²) in [6.45, 7) is -0.471. The summed E-state index contributed by atoms with van der Waals surface area (Å²) in [5.74, 6) is -0.731. The van der Waals surface area contributed by atoms with Crippen molar-refractivity contribution in [3.63, 3.8) is 0 Å². The van der Waals surface area contributed by atoms with Crippen molar-refractivity contribution in [2.24, 2.45) is 0 Å². The number of carboxylic acids is 1. The second-order valence-electron chi connectivity index (χ2n) is 5.28. The standard InChI is InChI=1S/C15H16N4O4/c20-13(17-15-16-9-19(18-15)7-14(21)22)8-23-12-5-4-10-2-1-3-11(10)6-12/h4-6,9H,1-3,7-8H2,(H,21,22)(H,17,18,20). The van der Waals surface area contributed by atoms with Crippen LogP contribution in [0.3, 0.4) is 0 Å². The number of benzene rings is 1. The van der Waals surface area contributed by atoms with Gasteiger partial charge in [0.15, 0.2) is 6.61 Å². The molecule has 0 atom stereocenters. The zero-order valence-corrected chi connectivity index (χ0v) is 12.4. The van der Waals surface area contributed by atoms with Crippen LogP contribution >= 0.6 is 0 Å². The predicted octanol–water partition coefficient (Wildman–Crippen LogP) is 0.869. The van der Waals surface area contributed by atoms with Crippen molar-refractivity contribution < 1.29 is 19.4 Å². The van der Waals surface area contributed by atoms with Gasteiger partial charge in [-0.15, -0.1) is 5.10 Å². The number of carbonyl (C=O) groups is 2. The fourth-order valence-electron chi connectivity index (χ4n) is 2.51. The molecule has 0 bridgehead atoms. The molecule has 3 rings (SSSR count). The van der Waals surface area contributed by atoms with E-state index < -0.39 is 11.9 Å². The van der Waals surface area contributed by atoms with Crippen molar-refractivity contribution in [1.29, 1.82) is 0 Å². The lowest BCUT2D eigenvalue weighted by Crippen LogP contribution is -2.21. The summed E-state index contributed by atoms with van der Waals surface area (Å²) >= 11 is 0. The maximum Gasteiger partial charge on any atom is 0.325 e. The number of nitrogens with zero attached hydrogens (tertiary/aromatic N) is 3. The molecule has 0 saturated heterocycles. The zero-order valence-electron chi connectivity index (χ0n) is 12.4. The molecule has 120 valence electrons. The number of hydrogen-bond acceptors (Lipinski definition) is 5. The van der Waals surface area contributed by atoms with E-state index in [0.717, 1.165) is 23.9 Å². The lowest BCUT2D eigenvalue weighted by molar-refractivity contribution is -0.137. The Morgan fingerprint density at radius 1 is 1.30 bits per heavy atom. The largest absolute Gasteiger partial charge is 0.484 e. The molecule has 8 heteroatoms. The highest BCUT2D eigenvalue weighted by Gasteiger charge is 2.12. The van der Waals surface area contributed by atoms with Crippen molar-refractivity contribution in [3.8, 4) is 5.75 Å². The Balaban J connectivity index is 1.51. The highest BCUT2D eigenvalue weighted by atomic mass is 16.5. The number of carbonyl (C=O) groups excluding carboxylic acids is 1. The fourth-order valence-corrected chi connectivity index (χ4v) is 2.51. The third-order valence-corrected chi connectivity index (χ3v) is 3.52. The lowest BCUT2D eigenvalue weighted by Gasteiger charge is -2.07. The molecule has 0 fully saturated rings. The normalized spacial score (nSPS) is 12.7. The van der Waals surface area contributed by atoms with Crippen LogP contribution in [-0.4, -0.2) is 38.4 Å². The number of carboxylic acid groups (broad SMARTS) is 1. The second-order valence-corrected chi connectivity index (χ2v) is 5.28. The average Bonchev–Trinajstić information content (AvgIpc) is 3.13. The van der Waals surface area contributed by atoms with Gasteiger partial charge in [0.05, 0.1) is 0 Å². The Hall–Kier alpha value is -2.90. The summed E-state index contributed by atoms with van der Waals surface area (Å²) in [5.41, 5.74) is 2.62. The van der Waals surface area contributed by atoms with Crippen molar-refractivity contribution in [3.05, 3.63) is 35.7 Å². The molecular weight excluding hydrogens is 300 g/mol.